The van der Waals surface area contributed by atoms with Crippen molar-refractivity contribution in [2.24, 2.45) is 0 Å². The number of amides is 1. The van der Waals surface area contributed by atoms with Crippen LogP contribution < -0.4 is 10.1 Å². The van der Waals surface area contributed by atoms with Crippen LogP contribution in [0.2, 0.25) is 0 Å². The van der Waals surface area contributed by atoms with Gasteiger partial charge < -0.3 is 10.1 Å². The Morgan fingerprint density at radius 2 is 2.12 bits per heavy atom. The fourth-order valence-electron chi connectivity index (χ4n) is 3.12. The van der Waals surface area contributed by atoms with E-state index in [2.05, 4.69) is 31.4 Å². The summed E-state index contributed by atoms with van der Waals surface area (Å²) in [5.41, 5.74) is 1.17. The van der Waals surface area contributed by atoms with Gasteiger partial charge in [-0.15, -0.1) is 10.2 Å². The van der Waals surface area contributed by atoms with Crippen molar-refractivity contribution in [3.63, 3.8) is 0 Å². The van der Waals surface area contributed by atoms with E-state index in [-0.39, 0.29) is 5.91 Å². The lowest BCUT2D eigenvalue weighted by Gasteiger charge is -2.18. The molecule has 1 amide bonds. The maximum atomic E-state index is 12.1. The quantitative estimate of drug-likeness (QED) is 0.584. The van der Waals surface area contributed by atoms with Crippen molar-refractivity contribution in [2.45, 2.75) is 57.8 Å². The van der Waals surface area contributed by atoms with Crippen LogP contribution in [-0.2, 0) is 4.79 Å². The van der Waals surface area contributed by atoms with Crippen molar-refractivity contribution < 1.29 is 9.53 Å². The fourth-order valence-corrected chi connectivity index (χ4v) is 4.66. The number of aromatic nitrogens is 2. The number of aryl methyl sites for hydroxylation is 1. The Bertz CT molecular complexity index is 744. The van der Waals surface area contributed by atoms with Crippen molar-refractivity contribution >= 4 is 38.3 Å². The number of hydrogen-bond acceptors (Lipinski definition) is 5. The highest BCUT2D eigenvalue weighted by molar-refractivity contribution is 9.10. The van der Waals surface area contributed by atoms with E-state index in [1.54, 1.807) is 0 Å². The first-order chi connectivity index (χ1) is 12.6. The molecule has 1 aliphatic rings. The first-order valence-electron chi connectivity index (χ1n) is 9.14. The number of nitrogens with one attached hydrogen (secondary N) is 1. The van der Waals surface area contributed by atoms with Crippen LogP contribution >= 0.6 is 27.3 Å². The number of carbonyl (C=O) groups excluding carboxylic acids is 1. The number of ether oxygens (including phenoxy) is 1. The third kappa shape index (κ3) is 5.51. The van der Waals surface area contributed by atoms with E-state index in [4.69, 9.17) is 4.74 Å². The molecule has 26 heavy (non-hydrogen) atoms. The topological polar surface area (TPSA) is 64.1 Å². The molecule has 1 aliphatic carbocycles. The van der Waals surface area contributed by atoms with Crippen molar-refractivity contribution in [3.8, 4) is 5.75 Å². The van der Waals surface area contributed by atoms with Gasteiger partial charge in [0.25, 0.3) is 0 Å². The Balaban J connectivity index is 1.39. The molecular weight excluding hydrogens is 414 g/mol. The minimum absolute atomic E-state index is 0.0390. The van der Waals surface area contributed by atoms with Gasteiger partial charge in [0.05, 0.1) is 11.1 Å². The van der Waals surface area contributed by atoms with Crippen molar-refractivity contribution in [3.05, 3.63) is 33.2 Å². The van der Waals surface area contributed by atoms with E-state index in [1.807, 2.05) is 25.1 Å². The first-order valence-corrected chi connectivity index (χ1v) is 10.7. The van der Waals surface area contributed by atoms with Gasteiger partial charge >= 0.3 is 0 Å². The highest BCUT2D eigenvalue weighted by atomic mass is 79.9. The van der Waals surface area contributed by atoms with Crippen LogP contribution in [0.1, 0.15) is 61.4 Å². The second kappa shape index (κ2) is 9.46. The van der Waals surface area contributed by atoms with Gasteiger partial charge in [-0.1, -0.05) is 36.7 Å². The molecule has 1 aromatic heterocycles. The molecule has 2 aromatic rings. The molecule has 0 bridgehead atoms. The van der Waals surface area contributed by atoms with Crippen LogP contribution in [0.5, 0.6) is 5.75 Å². The Morgan fingerprint density at radius 3 is 2.88 bits per heavy atom. The van der Waals surface area contributed by atoms with Gasteiger partial charge in [0.2, 0.25) is 11.0 Å². The third-order valence-electron chi connectivity index (χ3n) is 4.53. The molecule has 1 saturated carbocycles. The number of rotatable bonds is 7. The molecule has 0 unspecified atom stereocenters. The molecule has 1 N–H and O–H groups in total. The molecule has 5 nitrogen and oxygen atoms in total. The number of nitrogens with zero attached hydrogens (tertiary/aromatic N) is 2. The van der Waals surface area contributed by atoms with Crippen LogP contribution in [0.4, 0.5) is 5.13 Å². The summed E-state index contributed by atoms with van der Waals surface area (Å²) in [4.78, 5) is 12.1. The lowest BCUT2D eigenvalue weighted by atomic mass is 9.90. The predicted octanol–water partition coefficient (Wildman–Crippen LogP) is 5.45. The summed E-state index contributed by atoms with van der Waals surface area (Å²) in [5, 5.41) is 12.9. The zero-order chi connectivity index (χ0) is 18.4. The second-order valence-corrected chi connectivity index (χ2v) is 8.58. The molecule has 7 heteroatoms. The summed E-state index contributed by atoms with van der Waals surface area (Å²) in [5.74, 6) is 1.29. The molecular formula is C19H24BrN3O2S. The maximum absolute atomic E-state index is 12.1. The monoisotopic (exact) mass is 437 g/mol. The second-order valence-electron chi connectivity index (χ2n) is 6.71. The van der Waals surface area contributed by atoms with Gasteiger partial charge in [0, 0.05) is 12.3 Å². The van der Waals surface area contributed by atoms with Gasteiger partial charge in [-0.2, -0.15) is 0 Å². The minimum Gasteiger partial charge on any atom is -0.492 e. The highest BCUT2D eigenvalue weighted by Gasteiger charge is 2.20. The van der Waals surface area contributed by atoms with E-state index in [0.717, 1.165) is 15.2 Å². The molecule has 0 aliphatic heterocycles. The number of hydrogen-bond donors (Lipinski definition) is 1. The van der Waals surface area contributed by atoms with Gasteiger partial charge in [0.15, 0.2) is 0 Å². The lowest BCUT2D eigenvalue weighted by molar-refractivity contribution is -0.116. The number of carbonyl (C=O) groups is 1. The molecule has 1 fully saturated rings. The summed E-state index contributed by atoms with van der Waals surface area (Å²) in [6.07, 6.45) is 7.29. The predicted molar refractivity (Wildman–Crippen MR) is 108 cm³/mol. The van der Waals surface area contributed by atoms with Crippen LogP contribution in [0.3, 0.4) is 0 Å². The van der Waals surface area contributed by atoms with E-state index >= 15 is 0 Å². The summed E-state index contributed by atoms with van der Waals surface area (Å²) >= 11 is 5.00. The van der Waals surface area contributed by atoms with Crippen molar-refractivity contribution in [1.82, 2.24) is 10.2 Å². The number of anilines is 1. The Morgan fingerprint density at radius 1 is 1.31 bits per heavy atom. The maximum Gasteiger partial charge on any atom is 0.226 e. The number of halogens is 1. The standard InChI is InChI=1S/C19H24BrN3O2S/c1-13-9-10-16(15(20)12-13)25-11-5-8-17(24)21-19-23-22-18(26-19)14-6-3-2-4-7-14/h9-10,12,14H,2-8,11H2,1H3,(H,21,23,24). The van der Waals surface area contributed by atoms with Crippen molar-refractivity contribution in [1.29, 1.82) is 0 Å². The Labute approximate surface area is 166 Å². The average Bonchev–Trinajstić information content (AvgIpc) is 3.09. The van der Waals surface area contributed by atoms with Gasteiger partial charge in [-0.05, 0) is 59.8 Å². The van der Waals surface area contributed by atoms with Gasteiger partial charge in [-0.3, -0.25) is 4.79 Å². The molecule has 0 saturated heterocycles. The Hall–Kier alpha value is -1.47. The van der Waals surface area contributed by atoms with Crippen LogP contribution in [0.15, 0.2) is 22.7 Å². The molecule has 140 valence electrons. The largest absolute Gasteiger partial charge is 0.492 e. The van der Waals surface area contributed by atoms with E-state index < -0.39 is 0 Å². The zero-order valence-electron chi connectivity index (χ0n) is 15.0. The fraction of sp³-hybridized carbons (Fsp3) is 0.526. The summed E-state index contributed by atoms with van der Waals surface area (Å²) < 4.78 is 6.66. The summed E-state index contributed by atoms with van der Waals surface area (Å²) in [6, 6.07) is 5.96. The van der Waals surface area contributed by atoms with E-state index in [1.165, 1.54) is 49.0 Å². The number of benzene rings is 1. The SMILES string of the molecule is Cc1ccc(OCCCC(=O)Nc2nnc(C3CCCCC3)s2)c(Br)c1. The molecule has 3 rings (SSSR count). The zero-order valence-corrected chi connectivity index (χ0v) is 17.4. The highest BCUT2D eigenvalue weighted by Crippen LogP contribution is 2.35. The minimum atomic E-state index is -0.0390. The lowest BCUT2D eigenvalue weighted by Crippen LogP contribution is -2.12. The molecule has 1 heterocycles. The van der Waals surface area contributed by atoms with E-state index in [9.17, 15) is 4.79 Å². The molecule has 0 radical (unpaired) electrons. The van der Waals surface area contributed by atoms with Crippen LogP contribution in [-0.4, -0.2) is 22.7 Å². The van der Waals surface area contributed by atoms with Gasteiger partial charge in [-0.25, -0.2) is 0 Å². The first kappa shape index (κ1) is 19.3. The van der Waals surface area contributed by atoms with Crippen molar-refractivity contribution in [2.75, 3.05) is 11.9 Å². The normalized spacial score (nSPS) is 15.0. The third-order valence-corrected chi connectivity index (χ3v) is 6.16. The van der Waals surface area contributed by atoms with Crippen LogP contribution in [0, 0.1) is 6.92 Å². The summed E-state index contributed by atoms with van der Waals surface area (Å²) in [6.45, 7) is 2.53. The average molecular weight is 438 g/mol. The summed E-state index contributed by atoms with van der Waals surface area (Å²) in [7, 11) is 0. The molecule has 0 atom stereocenters. The van der Waals surface area contributed by atoms with E-state index in [0.29, 0.717) is 30.5 Å². The van der Waals surface area contributed by atoms with Crippen LogP contribution in [0.25, 0.3) is 0 Å². The Kier molecular flexibility index (Phi) is 7.02. The smallest absolute Gasteiger partial charge is 0.226 e. The molecule has 1 aromatic carbocycles. The van der Waals surface area contributed by atoms with Gasteiger partial charge in [0.1, 0.15) is 10.8 Å². The molecule has 0 spiro atoms.